The number of carboxylic acid groups (broad SMARTS) is 1. The molecule has 7 heteroatoms. The fourth-order valence-electron chi connectivity index (χ4n) is 3.23. The second-order valence-corrected chi connectivity index (χ2v) is 8.24. The Morgan fingerprint density at radius 1 is 1.06 bits per heavy atom. The van der Waals surface area contributed by atoms with Crippen molar-refractivity contribution in [1.29, 1.82) is 0 Å². The average Bonchev–Trinajstić information content (AvgIpc) is 2.76. The Bertz CT molecular complexity index is 1070. The SMILES string of the molecule is C[C@H](c1ccccc1)N(Cc1cccc(Cl)c1)C(=O)COc1c(Br)cccc1C(=O)O. The number of aromatic carboxylic acids is 1. The van der Waals surface area contributed by atoms with Crippen LogP contribution in [0.2, 0.25) is 5.02 Å². The molecule has 0 saturated carbocycles. The summed E-state index contributed by atoms with van der Waals surface area (Å²) in [6.45, 7) is 1.97. The van der Waals surface area contributed by atoms with Crippen LogP contribution in [0.1, 0.15) is 34.5 Å². The van der Waals surface area contributed by atoms with E-state index in [9.17, 15) is 14.7 Å². The number of hydrogen-bond acceptors (Lipinski definition) is 3. The molecule has 0 heterocycles. The molecule has 0 saturated heterocycles. The normalized spacial score (nSPS) is 11.6. The minimum Gasteiger partial charge on any atom is -0.482 e. The van der Waals surface area contributed by atoms with Gasteiger partial charge >= 0.3 is 5.97 Å². The predicted molar refractivity (Wildman–Crippen MR) is 123 cm³/mol. The molecule has 31 heavy (non-hydrogen) atoms. The smallest absolute Gasteiger partial charge is 0.339 e. The lowest BCUT2D eigenvalue weighted by molar-refractivity contribution is -0.136. The topological polar surface area (TPSA) is 66.8 Å². The van der Waals surface area contributed by atoms with Crippen molar-refractivity contribution >= 4 is 39.4 Å². The fourth-order valence-corrected chi connectivity index (χ4v) is 3.92. The second-order valence-electron chi connectivity index (χ2n) is 6.95. The third-order valence-corrected chi connectivity index (χ3v) is 5.71. The highest BCUT2D eigenvalue weighted by molar-refractivity contribution is 9.10. The average molecular weight is 503 g/mol. The van der Waals surface area contributed by atoms with Gasteiger partial charge in [-0.15, -0.1) is 0 Å². The number of rotatable bonds is 8. The van der Waals surface area contributed by atoms with Crippen molar-refractivity contribution in [2.75, 3.05) is 6.61 Å². The van der Waals surface area contributed by atoms with E-state index in [4.69, 9.17) is 16.3 Å². The number of carboxylic acids is 1. The van der Waals surface area contributed by atoms with Crippen LogP contribution < -0.4 is 4.74 Å². The zero-order valence-corrected chi connectivity index (χ0v) is 19.1. The predicted octanol–water partition coefficient (Wildman–Crippen LogP) is 5.97. The second kappa shape index (κ2) is 10.5. The van der Waals surface area contributed by atoms with Crippen LogP contribution in [0.3, 0.4) is 0 Å². The van der Waals surface area contributed by atoms with Crippen molar-refractivity contribution in [3.05, 3.63) is 99.0 Å². The Labute approximate surface area is 194 Å². The summed E-state index contributed by atoms with van der Waals surface area (Å²) < 4.78 is 6.14. The number of benzene rings is 3. The van der Waals surface area contributed by atoms with E-state index in [0.29, 0.717) is 16.0 Å². The largest absolute Gasteiger partial charge is 0.482 e. The van der Waals surface area contributed by atoms with Gasteiger partial charge in [0.2, 0.25) is 0 Å². The summed E-state index contributed by atoms with van der Waals surface area (Å²) in [5, 5.41) is 10.0. The lowest BCUT2D eigenvalue weighted by atomic mass is 10.1. The van der Waals surface area contributed by atoms with Gasteiger partial charge in [-0.2, -0.15) is 0 Å². The van der Waals surface area contributed by atoms with Crippen molar-refractivity contribution in [2.24, 2.45) is 0 Å². The quantitative estimate of drug-likeness (QED) is 0.412. The summed E-state index contributed by atoms with van der Waals surface area (Å²) in [6.07, 6.45) is 0. The van der Waals surface area contributed by atoms with E-state index in [1.807, 2.05) is 55.5 Å². The number of carbonyl (C=O) groups excluding carboxylic acids is 1. The maximum absolute atomic E-state index is 13.2. The Hall–Kier alpha value is -2.83. The molecule has 3 aromatic carbocycles. The number of nitrogens with zero attached hydrogens (tertiary/aromatic N) is 1. The van der Waals surface area contributed by atoms with Gasteiger partial charge < -0.3 is 14.7 Å². The molecule has 3 rings (SSSR count). The maximum atomic E-state index is 13.2. The lowest BCUT2D eigenvalue weighted by Gasteiger charge is -2.30. The van der Waals surface area contributed by atoms with Crippen LogP contribution in [0.4, 0.5) is 0 Å². The molecule has 0 bridgehead atoms. The first-order valence-corrected chi connectivity index (χ1v) is 10.8. The molecule has 5 nitrogen and oxygen atoms in total. The van der Waals surface area contributed by atoms with Crippen LogP contribution in [0.5, 0.6) is 5.75 Å². The summed E-state index contributed by atoms with van der Waals surface area (Å²) in [6, 6.07) is 21.5. The Morgan fingerprint density at radius 3 is 2.45 bits per heavy atom. The van der Waals surface area contributed by atoms with E-state index in [1.165, 1.54) is 6.07 Å². The fraction of sp³-hybridized carbons (Fsp3) is 0.167. The number of para-hydroxylation sites is 1. The molecule has 0 radical (unpaired) electrons. The Balaban J connectivity index is 1.85. The maximum Gasteiger partial charge on any atom is 0.339 e. The molecule has 0 aliphatic carbocycles. The zero-order valence-electron chi connectivity index (χ0n) is 16.8. The van der Waals surface area contributed by atoms with Crippen LogP contribution >= 0.6 is 27.5 Å². The minimum absolute atomic E-state index is 0.0142. The van der Waals surface area contributed by atoms with Crippen molar-refractivity contribution in [3.8, 4) is 5.75 Å². The molecule has 3 aromatic rings. The lowest BCUT2D eigenvalue weighted by Crippen LogP contribution is -2.36. The third-order valence-electron chi connectivity index (χ3n) is 4.85. The first kappa shape index (κ1) is 22.8. The molecule has 0 aromatic heterocycles. The number of ether oxygens (including phenoxy) is 1. The van der Waals surface area contributed by atoms with Crippen LogP contribution in [0.15, 0.2) is 77.3 Å². The van der Waals surface area contributed by atoms with Gasteiger partial charge in [0.1, 0.15) is 11.3 Å². The van der Waals surface area contributed by atoms with E-state index in [2.05, 4.69) is 15.9 Å². The molecule has 1 atom stereocenters. The Kier molecular flexibility index (Phi) is 7.71. The summed E-state index contributed by atoms with van der Waals surface area (Å²) in [5.41, 5.74) is 1.85. The van der Waals surface area contributed by atoms with E-state index in [0.717, 1.165) is 11.1 Å². The summed E-state index contributed by atoms with van der Waals surface area (Å²) >= 11 is 9.42. The standard InChI is InChI=1S/C24H21BrClNO4/c1-16(18-8-3-2-4-9-18)27(14-17-7-5-10-19(26)13-17)22(28)15-31-23-20(24(29)30)11-6-12-21(23)25/h2-13,16H,14-15H2,1H3,(H,29,30)/t16-/m1/s1. The molecule has 160 valence electrons. The first-order chi connectivity index (χ1) is 14.9. The van der Waals surface area contributed by atoms with Crippen molar-refractivity contribution in [2.45, 2.75) is 19.5 Å². The molecule has 1 amide bonds. The molecule has 0 fully saturated rings. The first-order valence-electron chi connectivity index (χ1n) is 9.60. The third kappa shape index (κ3) is 5.87. The summed E-state index contributed by atoms with van der Waals surface area (Å²) in [4.78, 5) is 26.4. The van der Waals surface area contributed by atoms with E-state index in [-0.39, 0.29) is 29.9 Å². The molecule has 0 aliphatic heterocycles. The van der Waals surface area contributed by atoms with Crippen LogP contribution in [0.25, 0.3) is 0 Å². The van der Waals surface area contributed by atoms with Crippen LogP contribution in [-0.2, 0) is 11.3 Å². The van der Waals surface area contributed by atoms with Gasteiger partial charge in [-0.3, -0.25) is 4.79 Å². The number of carbonyl (C=O) groups is 2. The van der Waals surface area contributed by atoms with Gasteiger partial charge in [-0.05, 0) is 58.2 Å². The number of amides is 1. The molecule has 0 spiro atoms. The highest BCUT2D eigenvalue weighted by atomic mass is 79.9. The van der Waals surface area contributed by atoms with E-state index in [1.54, 1.807) is 23.1 Å². The Morgan fingerprint density at radius 2 is 1.77 bits per heavy atom. The van der Waals surface area contributed by atoms with Gasteiger partial charge in [0.25, 0.3) is 5.91 Å². The number of hydrogen-bond donors (Lipinski definition) is 1. The highest BCUT2D eigenvalue weighted by Gasteiger charge is 2.24. The van der Waals surface area contributed by atoms with Crippen molar-refractivity contribution < 1.29 is 19.4 Å². The van der Waals surface area contributed by atoms with Gasteiger partial charge in [0.15, 0.2) is 6.61 Å². The van der Waals surface area contributed by atoms with Crippen molar-refractivity contribution in [3.63, 3.8) is 0 Å². The zero-order chi connectivity index (χ0) is 22.4. The van der Waals surface area contributed by atoms with Gasteiger partial charge in [-0.25, -0.2) is 4.79 Å². The summed E-state index contributed by atoms with van der Waals surface area (Å²) in [5.74, 6) is -1.28. The van der Waals surface area contributed by atoms with Gasteiger partial charge in [-0.1, -0.05) is 60.1 Å². The van der Waals surface area contributed by atoms with Crippen molar-refractivity contribution in [1.82, 2.24) is 4.90 Å². The molecular formula is C24H21BrClNO4. The number of halogens is 2. The van der Waals surface area contributed by atoms with E-state index < -0.39 is 5.97 Å². The monoisotopic (exact) mass is 501 g/mol. The van der Waals surface area contributed by atoms with Crippen LogP contribution in [0, 0.1) is 0 Å². The summed E-state index contributed by atoms with van der Waals surface area (Å²) in [7, 11) is 0. The highest BCUT2D eigenvalue weighted by Crippen LogP contribution is 2.30. The van der Waals surface area contributed by atoms with Gasteiger partial charge in [0.05, 0.1) is 10.5 Å². The molecular weight excluding hydrogens is 482 g/mol. The van der Waals surface area contributed by atoms with Gasteiger partial charge in [0, 0.05) is 11.6 Å². The van der Waals surface area contributed by atoms with Crippen LogP contribution in [-0.4, -0.2) is 28.5 Å². The molecule has 1 N–H and O–H groups in total. The molecule has 0 unspecified atom stereocenters. The molecule has 0 aliphatic rings. The minimum atomic E-state index is -1.13. The van der Waals surface area contributed by atoms with E-state index >= 15 is 0 Å².